The number of benzene rings is 1. The number of hydrogen-bond donors (Lipinski definition) is 2. The summed E-state index contributed by atoms with van der Waals surface area (Å²) in [7, 11) is 0. The molecule has 0 fully saturated rings. The van der Waals surface area contributed by atoms with Gasteiger partial charge in [0.1, 0.15) is 0 Å². The first-order valence-corrected chi connectivity index (χ1v) is 7.01. The Morgan fingerprint density at radius 2 is 2.24 bits per heavy atom. The molecule has 2 N–H and O–H groups in total. The number of carboxylic acid groups (broad SMARTS) is 1. The van der Waals surface area contributed by atoms with Crippen LogP contribution >= 0.6 is 11.8 Å². The Hall–Kier alpha value is -2.61. The maximum Gasteiger partial charge on any atom is 0.348 e. The van der Waals surface area contributed by atoms with E-state index >= 15 is 0 Å². The minimum Gasteiger partial charge on any atom is -0.481 e. The summed E-state index contributed by atoms with van der Waals surface area (Å²) in [4.78, 5) is 26.8. The van der Waals surface area contributed by atoms with Crippen molar-refractivity contribution in [2.24, 2.45) is 0 Å². The van der Waals surface area contributed by atoms with E-state index < -0.39 is 11.7 Å². The van der Waals surface area contributed by atoms with Crippen molar-refractivity contribution >= 4 is 28.6 Å². The van der Waals surface area contributed by atoms with Crippen molar-refractivity contribution in [1.29, 1.82) is 0 Å². The average molecular weight is 302 g/mol. The highest BCUT2D eigenvalue weighted by Gasteiger charge is 2.13. The largest absolute Gasteiger partial charge is 0.481 e. The van der Waals surface area contributed by atoms with Crippen molar-refractivity contribution in [2.75, 3.05) is 5.75 Å². The average Bonchev–Trinajstić information content (AvgIpc) is 2.85. The zero-order valence-corrected chi connectivity index (χ0v) is 11.5. The van der Waals surface area contributed by atoms with Crippen LogP contribution in [0.15, 0.2) is 46.5 Å². The molecular formula is C13H10N4O3S. The number of aliphatic carboxylic acids is 1. The summed E-state index contributed by atoms with van der Waals surface area (Å²) >= 11 is 0.982. The van der Waals surface area contributed by atoms with Gasteiger partial charge in [0.15, 0.2) is 5.16 Å². The molecule has 0 bridgehead atoms. The Labute approximate surface area is 122 Å². The Kier molecular flexibility index (Phi) is 3.44. The third-order valence-electron chi connectivity index (χ3n) is 2.81. The second-order valence-electron chi connectivity index (χ2n) is 4.21. The number of thioether (sulfide) groups is 1. The lowest BCUT2D eigenvalue weighted by Gasteiger charge is -2.05. The molecule has 0 saturated heterocycles. The quantitative estimate of drug-likeness (QED) is 0.704. The van der Waals surface area contributed by atoms with Gasteiger partial charge < -0.3 is 5.11 Å². The lowest BCUT2D eigenvalue weighted by atomic mass is 10.2. The van der Waals surface area contributed by atoms with Gasteiger partial charge in [0.25, 0.3) is 0 Å². The van der Waals surface area contributed by atoms with Crippen molar-refractivity contribution in [3.8, 4) is 5.69 Å². The van der Waals surface area contributed by atoms with E-state index in [1.165, 1.54) is 4.57 Å². The van der Waals surface area contributed by atoms with Crippen LogP contribution in [0.4, 0.5) is 0 Å². The summed E-state index contributed by atoms with van der Waals surface area (Å²) in [5, 5.41) is 16.1. The number of nitrogens with one attached hydrogen (secondary N) is 1. The molecule has 0 atom stereocenters. The number of aromatic nitrogens is 4. The molecule has 21 heavy (non-hydrogen) atoms. The van der Waals surface area contributed by atoms with Crippen LogP contribution in [-0.2, 0) is 4.79 Å². The van der Waals surface area contributed by atoms with Crippen molar-refractivity contribution < 1.29 is 9.90 Å². The molecule has 8 heteroatoms. The zero-order valence-electron chi connectivity index (χ0n) is 10.7. The molecular weight excluding hydrogens is 292 g/mol. The molecule has 2 heterocycles. The maximum atomic E-state index is 11.9. The minimum absolute atomic E-state index is 0.167. The smallest absolute Gasteiger partial charge is 0.348 e. The van der Waals surface area contributed by atoms with Gasteiger partial charge >= 0.3 is 11.7 Å². The fourth-order valence-electron chi connectivity index (χ4n) is 1.94. The molecule has 0 aliphatic rings. The van der Waals surface area contributed by atoms with Gasteiger partial charge in [0, 0.05) is 11.6 Å². The number of carbonyl (C=O) groups is 1. The predicted molar refractivity (Wildman–Crippen MR) is 77.8 cm³/mol. The highest BCUT2D eigenvalue weighted by molar-refractivity contribution is 7.99. The lowest BCUT2D eigenvalue weighted by Crippen LogP contribution is -2.15. The minimum atomic E-state index is -0.968. The van der Waals surface area contributed by atoms with Crippen LogP contribution < -0.4 is 5.69 Å². The van der Waals surface area contributed by atoms with Crippen molar-refractivity contribution in [3.63, 3.8) is 0 Å². The first-order chi connectivity index (χ1) is 10.1. The number of nitrogens with zero attached hydrogens (tertiary/aromatic N) is 3. The van der Waals surface area contributed by atoms with E-state index in [2.05, 4.69) is 15.2 Å². The van der Waals surface area contributed by atoms with E-state index in [4.69, 9.17) is 5.11 Å². The Morgan fingerprint density at radius 1 is 1.38 bits per heavy atom. The monoisotopic (exact) mass is 302 g/mol. The standard InChI is InChI=1S/C13H10N4O3S/c18-11(19)7-21-13-16-15-12(20)17(13)9-3-4-10-8(6-9)2-1-5-14-10/h1-6H,7H2,(H,15,20)(H,18,19). The Bertz CT molecular complexity index is 871. The lowest BCUT2D eigenvalue weighted by molar-refractivity contribution is -0.133. The van der Waals surface area contributed by atoms with Crippen LogP contribution in [0.1, 0.15) is 0 Å². The molecule has 7 nitrogen and oxygen atoms in total. The molecule has 0 radical (unpaired) electrons. The molecule has 3 aromatic rings. The molecule has 0 saturated carbocycles. The summed E-state index contributed by atoms with van der Waals surface area (Å²) < 4.78 is 1.35. The number of carboxylic acids is 1. The van der Waals surface area contributed by atoms with Crippen LogP contribution in [0.2, 0.25) is 0 Å². The summed E-state index contributed by atoms with van der Waals surface area (Å²) in [6.07, 6.45) is 1.69. The number of H-pyrrole nitrogens is 1. The third kappa shape index (κ3) is 2.65. The van der Waals surface area contributed by atoms with Gasteiger partial charge in [0.2, 0.25) is 0 Å². The number of hydrogen-bond acceptors (Lipinski definition) is 5. The summed E-state index contributed by atoms with van der Waals surface area (Å²) in [6.45, 7) is 0. The van der Waals surface area contributed by atoms with Gasteiger partial charge in [0.05, 0.1) is 17.0 Å². The van der Waals surface area contributed by atoms with Crippen molar-refractivity contribution in [2.45, 2.75) is 5.16 Å². The predicted octanol–water partition coefficient (Wildman–Crippen LogP) is 1.29. The molecule has 0 spiro atoms. The Balaban J connectivity index is 2.07. The van der Waals surface area contributed by atoms with Gasteiger partial charge in [-0.2, -0.15) is 0 Å². The van der Waals surface area contributed by atoms with Crippen LogP contribution in [-0.4, -0.2) is 36.6 Å². The number of rotatable bonds is 4. The van der Waals surface area contributed by atoms with Crippen LogP contribution in [0.3, 0.4) is 0 Å². The summed E-state index contributed by atoms with van der Waals surface area (Å²) in [5.74, 6) is -1.14. The van der Waals surface area contributed by atoms with Gasteiger partial charge in [-0.3, -0.25) is 9.78 Å². The first kappa shape index (κ1) is 13.4. The molecule has 106 valence electrons. The van der Waals surface area contributed by atoms with E-state index in [-0.39, 0.29) is 5.75 Å². The van der Waals surface area contributed by atoms with E-state index in [1.807, 2.05) is 18.2 Å². The fourth-order valence-corrected chi connectivity index (χ4v) is 2.62. The molecule has 0 aliphatic carbocycles. The number of pyridine rings is 1. The molecule has 0 amide bonds. The normalized spacial score (nSPS) is 10.9. The highest BCUT2D eigenvalue weighted by Crippen LogP contribution is 2.20. The van der Waals surface area contributed by atoms with E-state index in [9.17, 15) is 9.59 Å². The van der Waals surface area contributed by atoms with Crippen molar-refractivity contribution in [1.82, 2.24) is 19.7 Å². The second-order valence-corrected chi connectivity index (χ2v) is 5.15. The molecule has 0 unspecified atom stereocenters. The van der Waals surface area contributed by atoms with Crippen LogP contribution in [0.25, 0.3) is 16.6 Å². The zero-order chi connectivity index (χ0) is 14.8. The molecule has 2 aromatic heterocycles. The van der Waals surface area contributed by atoms with Gasteiger partial charge in [-0.05, 0) is 24.3 Å². The van der Waals surface area contributed by atoms with E-state index in [1.54, 1.807) is 18.3 Å². The van der Waals surface area contributed by atoms with Crippen LogP contribution in [0.5, 0.6) is 0 Å². The summed E-state index contributed by atoms with van der Waals surface area (Å²) in [6, 6.07) is 9.06. The maximum absolute atomic E-state index is 11.9. The number of aromatic amines is 1. The van der Waals surface area contributed by atoms with Gasteiger partial charge in [-0.25, -0.2) is 14.5 Å². The van der Waals surface area contributed by atoms with Crippen LogP contribution in [0, 0.1) is 0 Å². The Morgan fingerprint density at radius 3 is 3.05 bits per heavy atom. The third-order valence-corrected chi connectivity index (χ3v) is 3.73. The summed E-state index contributed by atoms with van der Waals surface area (Å²) in [5.41, 5.74) is 1.02. The van der Waals surface area contributed by atoms with E-state index in [0.29, 0.717) is 10.8 Å². The van der Waals surface area contributed by atoms with E-state index in [0.717, 1.165) is 22.7 Å². The topological polar surface area (TPSA) is 101 Å². The molecule has 0 aliphatic heterocycles. The SMILES string of the molecule is O=C(O)CSc1n[nH]c(=O)n1-c1ccc2ncccc2c1. The number of fused-ring (bicyclic) bond motifs is 1. The second kappa shape index (κ2) is 5.41. The van der Waals surface area contributed by atoms with Crippen molar-refractivity contribution in [3.05, 3.63) is 47.0 Å². The molecule has 3 rings (SSSR count). The molecule has 1 aromatic carbocycles. The highest BCUT2D eigenvalue weighted by atomic mass is 32.2. The van der Waals surface area contributed by atoms with Gasteiger partial charge in [-0.15, -0.1) is 5.10 Å². The fraction of sp³-hybridized carbons (Fsp3) is 0.0769. The first-order valence-electron chi connectivity index (χ1n) is 6.02. The van der Waals surface area contributed by atoms with Gasteiger partial charge in [-0.1, -0.05) is 17.8 Å².